The van der Waals surface area contributed by atoms with Gasteiger partial charge in [-0.1, -0.05) is 32.6 Å². The Balaban J connectivity index is 1.69. The lowest BCUT2D eigenvalue weighted by atomic mass is 9.69. The number of fused-ring (bicyclic) bond motifs is 1. The molecule has 1 heterocycles. The molecule has 0 aromatic heterocycles. The summed E-state index contributed by atoms with van der Waals surface area (Å²) in [6, 6.07) is 0.798. The topological polar surface area (TPSA) is 20.3 Å². The number of rotatable bonds is 3. The van der Waals surface area contributed by atoms with Crippen LogP contribution in [-0.4, -0.2) is 30.3 Å². The van der Waals surface area contributed by atoms with Gasteiger partial charge in [-0.2, -0.15) is 0 Å². The van der Waals surface area contributed by atoms with Gasteiger partial charge in [0.15, 0.2) is 0 Å². The summed E-state index contributed by atoms with van der Waals surface area (Å²) in [5.74, 6) is 1.67. The third-order valence-electron chi connectivity index (χ3n) is 6.25. The lowest BCUT2D eigenvalue weighted by Gasteiger charge is -2.48. The standard InChI is InChI=1S/C18H31NO/c1-15-6-4-10-18(12-15,14-20)13-19-11-5-8-16-7-2-3-9-17(16)19/h14-17H,2-13H2,1H3/t15?,16-,17-,18?/m1/s1. The number of nitrogens with zero attached hydrogens (tertiary/aromatic N) is 1. The summed E-state index contributed by atoms with van der Waals surface area (Å²) in [7, 11) is 0. The Morgan fingerprint density at radius 1 is 1.10 bits per heavy atom. The molecule has 2 nitrogen and oxygen atoms in total. The molecule has 0 bridgehead atoms. The van der Waals surface area contributed by atoms with Crippen molar-refractivity contribution in [2.75, 3.05) is 13.1 Å². The Morgan fingerprint density at radius 3 is 2.70 bits per heavy atom. The molecule has 4 atom stereocenters. The van der Waals surface area contributed by atoms with Crippen LogP contribution < -0.4 is 0 Å². The maximum absolute atomic E-state index is 11.8. The summed E-state index contributed by atoms with van der Waals surface area (Å²) < 4.78 is 0. The van der Waals surface area contributed by atoms with Crippen molar-refractivity contribution in [2.45, 2.75) is 77.2 Å². The van der Waals surface area contributed by atoms with Gasteiger partial charge in [-0.3, -0.25) is 4.90 Å². The number of hydrogen-bond acceptors (Lipinski definition) is 2. The van der Waals surface area contributed by atoms with Gasteiger partial charge in [0, 0.05) is 18.0 Å². The molecule has 3 fully saturated rings. The van der Waals surface area contributed by atoms with E-state index in [-0.39, 0.29) is 5.41 Å². The predicted molar refractivity (Wildman–Crippen MR) is 82.7 cm³/mol. The first-order valence-corrected chi connectivity index (χ1v) is 8.93. The Kier molecular flexibility index (Phi) is 4.49. The monoisotopic (exact) mass is 277 g/mol. The molecule has 2 unspecified atom stereocenters. The smallest absolute Gasteiger partial charge is 0.127 e. The van der Waals surface area contributed by atoms with E-state index in [0.29, 0.717) is 0 Å². The van der Waals surface area contributed by atoms with E-state index in [1.165, 1.54) is 64.2 Å². The van der Waals surface area contributed by atoms with Crippen LogP contribution in [0.25, 0.3) is 0 Å². The van der Waals surface area contributed by atoms with Crippen LogP contribution in [0.15, 0.2) is 0 Å². The van der Waals surface area contributed by atoms with E-state index >= 15 is 0 Å². The molecule has 20 heavy (non-hydrogen) atoms. The summed E-state index contributed by atoms with van der Waals surface area (Å²) in [6.07, 6.45) is 14.6. The molecule has 1 aliphatic heterocycles. The van der Waals surface area contributed by atoms with Crippen molar-refractivity contribution in [2.24, 2.45) is 17.3 Å². The van der Waals surface area contributed by atoms with Gasteiger partial charge >= 0.3 is 0 Å². The van der Waals surface area contributed by atoms with Crippen LogP contribution >= 0.6 is 0 Å². The van der Waals surface area contributed by atoms with Crippen LogP contribution in [0.1, 0.15) is 71.1 Å². The molecule has 2 heteroatoms. The number of hydrogen-bond donors (Lipinski definition) is 0. The first-order valence-electron chi connectivity index (χ1n) is 8.93. The highest BCUT2D eigenvalue weighted by molar-refractivity contribution is 5.60. The van der Waals surface area contributed by atoms with Crippen molar-refractivity contribution in [3.8, 4) is 0 Å². The van der Waals surface area contributed by atoms with E-state index in [2.05, 4.69) is 11.8 Å². The molecule has 2 aliphatic carbocycles. The van der Waals surface area contributed by atoms with Gasteiger partial charge in [0.05, 0.1) is 0 Å². The molecule has 0 aromatic carbocycles. The second-order valence-corrected chi connectivity index (χ2v) is 7.91. The third-order valence-corrected chi connectivity index (χ3v) is 6.25. The maximum Gasteiger partial charge on any atom is 0.127 e. The number of piperidine rings is 1. The van der Waals surface area contributed by atoms with E-state index in [4.69, 9.17) is 0 Å². The zero-order valence-corrected chi connectivity index (χ0v) is 13.2. The summed E-state index contributed by atoms with van der Waals surface area (Å²) in [6.45, 7) is 4.63. The van der Waals surface area contributed by atoms with Crippen molar-refractivity contribution < 1.29 is 4.79 Å². The minimum Gasteiger partial charge on any atom is -0.303 e. The van der Waals surface area contributed by atoms with Crippen LogP contribution in [0.4, 0.5) is 0 Å². The second-order valence-electron chi connectivity index (χ2n) is 7.91. The average Bonchev–Trinajstić information content (AvgIpc) is 2.48. The number of aldehydes is 1. The fraction of sp³-hybridized carbons (Fsp3) is 0.944. The highest BCUT2D eigenvalue weighted by atomic mass is 16.1. The van der Waals surface area contributed by atoms with E-state index < -0.39 is 0 Å². The minimum atomic E-state index is -0.0169. The molecular weight excluding hydrogens is 246 g/mol. The van der Waals surface area contributed by atoms with Gasteiger partial charge in [-0.15, -0.1) is 0 Å². The van der Waals surface area contributed by atoms with Crippen LogP contribution in [0.2, 0.25) is 0 Å². The number of carbonyl (C=O) groups excluding carboxylic acids is 1. The molecule has 2 saturated carbocycles. The number of likely N-dealkylation sites (tertiary alicyclic amines) is 1. The maximum atomic E-state index is 11.8. The number of carbonyl (C=O) groups is 1. The van der Waals surface area contributed by atoms with Crippen LogP contribution in [0.3, 0.4) is 0 Å². The average molecular weight is 277 g/mol. The van der Waals surface area contributed by atoms with Gasteiger partial charge in [0.2, 0.25) is 0 Å². The molecule has 0 amide bonds. The fourth-order valence-electron chi connectivity index (χ4n) is 5.32. The van der Waals surface area contributed by atoms with Gasteiger partial charge in [0.1, 0.15) is 6.29 Å². The van der Waals surface area contributed by atoms with Crippen molar-refractivity contribution in [1.29, 1.82) is 0 Å². The predicted octanol–water partition coefficient (Wildman–Crippen LogP) is 4.04. The molecule has 0 aromatic rings. The van der Waals surface area contributed by atoms with E-state index in [9.17, 15) is 4.79 Å². The summed E-state index contributed by atoms with van der Waals surface area (Å²) >= 11 is 0. The molecule has 0 N–H and O–H groups in total. The lowest BCUT2D eigenvalue weighted by molar-refractivity contribution is -0.121. The molecule has 0 spiro atoms. The lowest BCUT2D eigenvalue weighted by Crippen LogP contribution is -2.52. The summed E-state index contributed by atoms with van der Waals surface area (Å²) in [5.41, 5.74) is -0.0169. The van der Waals surface area contributed by atoms with Gasteiger partial charge < -0.3 is 4.79 Å². The van der Waals surface area contributed by atoms with Gasteiger partial charge in [-0.25, -0.2) is 0 Å². The highest BCUT2D eigenvalue weighted by Gasteiger charge is 2.40. The molecule has 3 rings (SSSR count). The van der Waals surface area contributed by atoms with Crippen molar-refractivity contribution in [3.05, 3.63) is 0 Å². The quantitative estimate of drug-likeness (QED) is 0.726. The first kappa shape index (κ1) is 14.6. The summed E-state index contributed by atoms with van der Waals surface area (Å²) in [4.78, 5) is 14.6. The Hall–Kier alpha value is -0.370. The molecule has 1 saturated heterocycles. The van der Waals surface area contributed by atoms with Crippen LogP contribution in [-0.2, 0) is 4.79 Å². The van der Waals surface area contributed by atoms with Crippen LogP contribution in [0.5, 0.6) is 0 Å². The minimum absolute atomic E-state index is 0.0169. The summed E-state index contributed by atoms with van der Waals surface area (Å²) in [5, 5.41) is 0. The van der Waals surface area contributed by atoms with Crippen molar-refractivity contribution in [1.82, 2.24) is 4.90 Å². The van der Waals surface area contributed by atoms with E-state index in [1.807, 2.05) is 0 Å². The Labute approximate surface area is 124 Å². The molecule has 0 radical (unpaired) electrons. The largest absolute Gasteiger partial charge is 0.303 e. The first-order chi connectivity index (χ1) is 9.72. The highest BCUT2D eigenvalue weighted by Crippen LogP contribution is 2.42. The molecule has 3 aliphatic rings. The molecular formula is C18H31NO. The fourth-order valence-corrected chi connectivity index (χ4v) is 5.32. The molecule has 114 valence electrons. The zero-order valence-electron chi connectivity index (χ0n) is 13.2. The SMILES string of the molecule is CC1CCCC(C=O)(CN2CCC[C@H]3CCCC[C@H]32)C1. The normalized spacial score (nSPS) is 43.0. The van der Waals surface area contributed by atoms with E-state index in [0.717, 1.165) is 37.3 Å². The zero-order chi connectivity index (χ0) is 14.0. The van der Waals surface area contributed by atoms with Crippen molar-refractivity contribution in [3.63, 3.8) is 0 Å². The van der Waals surface area contributed by atoms with Gasteiger partial charge in [0.25, 0.3) is 0 Å². The Bertz CT molecular complexity index is 340. The van der Waals surface area contributed by atoms with Crippen molar-refractivity contribution >= 4 is 6.29 Å². The van der Waals surface area contributed by atoms with Gasteiger partial charge in [-0.05, 0) is 56.9 Å². The second kappa shape index (κ2) is 6.17. The van der Waals surface area contributed by atoms with Crippen LogP contribution in [0, 0.1) is 17.3 Å². The third kappa shape index (κ3) is 2.95. The Morgan fingerprint density at radius 2 is 1.90 bits per heavy atom. The van der Waals surface area contributed by atoms with E-state index in [1.54, 1.807) is 0 Å².